The molecule has 0 saturated carbocycles. The lowest BCUT2D eigenvalue weighted by molar-refractivity contribution is -0.138. The first-order valence-corrected chi connectivity index (χ1v) is 3.73. The van der Waals surface area contributed by atoms with E-state index in [1.807, 2.05) is 0 Å². The molecule has 0 aliphatic carbocycles. The Hall–Kier alpha value is -0.610. The Labute approximate surface area is 64.1 Å². The highest BCUT2D eigenvalue weighted by molar-refractivity contribution is 5.77. The van der Waals surface area contributed by atoms with E-state index in [1.54, 1.807) is 0 Å². The molecule has 1 unspecified atom stereocenters. The molecule has 2 heterocycles. The van der Waals surface area contributed by atoms with Gasteiger partial charge in [0.25, 0.3) is 0 Å². The summed E-state index contributed by atoms with van der Waals surface area (Å²) in [5, 5.41) is 8.60. The Morgan fingerprint density at radius 3 is 2.55 bits per heavy atom. The Bertz CT molecular complexity index is 183. The highest BCUT2D eigenvalue weighted by Gasteiger charge is 2.61. The number of aliphatic carboxylic acids is 1. The minimum absolute atomic E-state index is 0.357. The van der Waals surface area contributed by atoms with E-state index in [-0.39, 0.29) is 5.60 Å². The summed E-state index contributed by atoms with van der Waals surface area (Å²) >= 11 is 0. The van der Waals surface area contributed by atoms with Crippen LogP contribution < -0.4 is 0 Å². The molecule has 2 aliphatic heterocycles. The number of ether oxygens (including phenoxy) is 2. The topological polar surface area (TPSA) is 59.1 Å². The van der Waals surface area contributed by atoms with Gasteiger partial charge in [-0.3, -0.25) is 0 Å². The highest BCUT2D eigenvalue weighted by Crippen LogP contribution is 2.44. The zero-order valence-corrected chi connectivity index (χ0v) is 6.08. The molecule has 1 spiro atoms. The average Bonchev–Trinajstić information content (AvgIpc) is 2.66. The summed E-state index contributed by atoms with van der Waals surface area (Å²) in [5.74, 6) is -0.841. The summed E-state index contributed by atoms with van der Waals surface area (Å²) in [6.45, 7) is 1.26. The number of carbonyl (C=O) groups is 1. The van der Waals surface area contributed by atoms with Gasteiger partial charge < -0.3 is 14.6 Å². The van der Waals surface area contributed by atoms with Crippen molar-refractivity contribution in [3.63, 3.8) is 0 Å². The van der Waals surface area contributed by atoms with Gasteiger partial charge in [0.05, 0.1) is 0 Å². The predicted molar refractivity (Wildman–Crippen MR) is 35.3 cm³/mol. The minimum atomic E-state index is -0.841. The van der Waals surface area contributed by atoms with Crippen molar-refractivity contribution in [2.75, 3.05) is 13.2 Å². The van der Waals surface area contributed by atoms with Gasteiger partial charge in [-0.15, -0.1) is 0 Å². The first kappa shape index (κ1) is 7.06. The molecule has 11 heavy (non-hydrogen) atoms. The number of hydrogen-bond donors (Lipinski definition) is 1. The Balaban J connectivity index is 1.99. The third-order valence-electron chi connectivity index (χ3n) is 2.34. The largest absolute Gasteiger partial charge is 0.479 e. The van der Waals surface area contributed by atoms with Crippen molar-refractivity contribution >= 4 is 5.97 Å². The first-order valence-electron chi connectivity index (χ1n) is 3.73. The van der Waals surface area contributed by atoms with E-state index < -0.39 is 12.1 Å². The van der Waals surface area contributed by atoms with Gasteiger partial charge in [-0.05, 0) is 0 Å². The zero-order valence-electron chi connectivity index (χ0n) is 6.08. The van der Waals surface area contributed by atoms with Crippen molar-refractivity contribution < 1.29 is 19.4 Å². The summed E-state index contributed by atoms with van der Waals surface area (Å²) in [6.07, 6.45) is 0.889. The van der Waals surface area contributed by atoms with Gasteiger partial charge in [-0.2, -0.15) is 0 Å². The van der Waals surface area contributed by atoms with Crippen LogP contribution in [-0.4, -0.2) is 36.0 Å². The van der Waals surface area contributed by atoms with Crippen LogP contribution in [0, 0.1) is 0 Å². The number of rotatable bonds is 1. The third kappa shape index (κ3) is 1.02. The van der Waals surface area contributed by atoms with Crippen LogP contribution in [0.4, 0.5) is 0 Å². The Morgan fingerprint density at radius 1 is 1.45 bits per heavy atom. The Kier molecular flexibility index (Phi) is 1.40. The maximum Gasteiger partial charge on any atom is 0.335 e. The smallest absolute Gasteiger partial charge is 0.335 e. The molecule has 2 fully saturated rings. The van der Waals surface area contributed by atoms with Gasteiger partial charge >= 0.3 is 5.97 Å². The van der Waals surface area contributed by atoms with Crippen LogP contribution in [0.5, 0.6) is 0 Å². The maximum absolute atomic E-state index is 10.5. The maximum atomic E-state index is 10.5. The van der Waals surface area contributed by atoms with Crippen molar-refractivity contribution in [3.05, 3.63) is 0 Å². The second-order valence-corrected chi connectivity index (χ2v) is 3.01. The summed E-state index contributed by atoms with van der Waals surface area (Å²) in [4.78, 5) is 10.5. The van der Waals surface area contributed by atoms with Crippen LogP contribution in [0.15, 0.2) is 0 Å². The van der Waals surface area contributed by atoms with Gasteiger partial charge in [0, 0.05) is 26.1 Å². The molecule has 0 bridgehead atoms. The molecule has 62 valence electrons. The fourth-order valence-electron chi connectivity index (χ4n) is 1.57. The molecule has 0 aromatic heterocycles. The number of hydrogen-bond acceptors (Lipinski definition) is 3. The van der Waals surface area contributed by atoms with Crippen molar-refractivity contribution in [2.45, 2.75) is 24.5 Å². The third-order valence-corrected chi connectivity index (χ3v) is 2.34. The van der Waals surface area contributed by atoms with Gasteiger partial charge in [0.2, 0.25) is 0 Å². The number of carboxylic acids is 1. The van der Waals surface area contributed by atoms with Crippen LogP contribution in [0.1, 0.15) is 12.8 Å². The second-order valence-electron chi connectivity index (χ2n) is 3.01. The molecule has 0 aromatic carbocycles. The van der Waals surface area contributed by atoms with E-state index in [1.165, 1.54) is 0 Å². The molecule has 2 rings (SSSR count). The fourth-order valence-corrected chi connectivity index (χ4v) is 1.57. The van der Waals surface area contributed by atoms with Crippen LogP contribution in [0.2, 0.25) is 0 Å². The van der Waals surface area contributed by atoms with E-state index in [0.29, 0.717) is 13.2 Å². The molecule has 1 N–H and O–H groups in total. The van der Waals surface area contributed by atoms with E-state index in [2.05, 4.69) is 0 Å². The molecular weight excluding hydrogens is 148 g/mol. The summed E-state index contributed by atoms with van der Waals surface area (Å²) in [6, 6.07) is 0. The molecule has 2 aliphatic rings. The van der Waals surface area contributed by atoms with Crippen molar-refractivity contribution in [2.24, 2.45) is 0 Å². The SMILES string of the molecule is O=C(O)C1OC12CCOCC2. The highest BCUT2D eigenvalue weighted by atomic mass is 16.6. The number of carboxylic acid groups (broad SMARTS) is 1. The predicted octanol–water partition coefficient (Wildman–Crippen LogP) is 0.0190. The van der Waals surface area contributed by atoms with Crippen LogP contribution in [0.25, 0.3) is 0 Å². The molecule has 1 atom stereocenters. The standard InChI is InChI=1S/C7H10O4/c8-6(9)5-7(11-5)1-3-10-4-2-7/h5H,1-4H2,(H,8,9). The first-order chi connectivity index (χ1) is 5.25. The lowest BCUT2D eigenvalue weighted by Crippen LogP contribution is -2.28. The molecule has 0 amide bonds. The van der Waals surface area contributed by atoms with Gasteiger partial charge in [0.1, 0.15) is 5.60 Å². The lowest BCUT2D eigenvalue weighted by atomic mass is 9.96. The second kappa shape index (κ2) is 2.19. The zero-order chi connectivity index (χ0) is 7.90. The van der Waals surface area contributed by atoms with Crippen molar-refractivity contribution in [3.8, 4) is 0 Å². The molecular formula is C7H10O4. The molecule has 2 saturated heterocycles. The molecule has 4 nitrogen and oxygen atoms in total. The lowest BCUT2D eigenvalue weighted by Gasteiger charge is -2.17. The summed E-state index contributed by atoms with van der Waals surface area (Å²) in [7, 11) is 0. The van der Waals surface area contributed by atoms with E-state index in [4.69, 9.17) is 14.6 Å². The monoisotopic (exact) mass is 158 g/mol. The van der Waals surface area contributed by atoms with E-state index in [0.717, 1.165) is 12.8 Å². The average molecular weight is 158 g/mol. The van der Waals surface area contributed by atoms with Crippen molar-refractivity contribution in [1.82, 2.24) is 0 Å². The van der Waals surface area contributed by atoms with Crippen molar-refractivity contribution in [1.29, 1.82) is 0 Å². The summed E-state index contributed by atoms with van der Waals surface area (Å²) < 4.78 is 10.2. The van der Waals surface area contributed by atoms with Gasteiger partial charge in [0.15, 0.2) is 6.10 Å². The number of epoxide rings is 1. The van der Waals surface area contributed by atoms with Gasteiger partial charge in [-0.1, -0.05) is 0 Å². The normalized spacial score (nSPS) is 33.6. The molecule has 4 heteroatoms. The van der Waals surface area contributed by atoms with E-state index >= 15 is 0 Å². The van der Waals surface area contributed by atoms with E-state index in [9.17, 15) is 4.79 Å². The fraction of sp³-hybridized carbons (Fsp3) is 0.857. The van der Waals surface area contributed by atoms with Crippen LogP contribution in [-0.2, 0) is 14.3 Å². The Morgan fingerprint density at radius 2 is 2.09 bits per heavy atom. The minimum Gasteiger partial charge on any atom is -0.479 e. The van der Waals surface area contributed by atoms with Crippen LogP contribution >= 0.6 is 0 Å². The van der Waals surface area contributed by atoms with Crippen LogP contribution in [0.3, 0.4) is 0 Å². The van der Waals surface area contributed by atoms with Gasteiger partial charge in [-0.25, -0.2) is 4.79 Å². The molecule has 0 aromatic rings. The summed E-state index contributed by atoms with van der Waals surface area (Å²) in [5.41, 5.74) is -0.357. The quantitative estimate of drug-likeness (QED) is 0.546. The molecule has 0 radical (unpaired) electrons.